The van der Waals surface area contributed by atoms with Crippen molar-refractivity contribution in [1.29, 1.82) is 0 Å². The quantitative estimate of drug-likeness (QED) is 0.537. The lowest BCUT2D eigenvalue weighted by atomic mass is 10.2. The first-order valence-electron chi connectivity index (χ1n) is 7.46. The first-order chi connectivity index (χ1) is 12.3. The van der Waals surface area contributed by atoms with E-state index in [1.54, 1.807) is 25.1 Å². The van der Waals surface area contributed by atoms with E-state index < -0.39 is 20.6 Å². The summed E-state index contributed by atoms with van der Waals surface area (Å²) in [6, 6.07) is 10.5. The normalized spacial score (nSPS) is 11.3. The van der Waals surface area contributed by atoms with Crippen LogP contribution >= 0.6 is 0 Å². The second-order valence-corrected chi connectivity index (χ2v) is 7.08. The summed E-state index contributed by atoms with van der Waals surface area (Å²) in [4.78, 5) is 10.1. The van der Waals surface area contributed by atoms with Crippen LogP contribution in [0.15, 0.2) is 51.8 Å². The van der Waals surface area contributed by atoms with Crippen molar-refractivity contribution in [2.45, 2.75) is 18.7 Å². The predicted octanol–water partition coefficient (Wildman–Crippen LogP) is 3.06. The molecule has 0 atom stereocenters. The number of aryl methyl sites for hydroxylation is 2. The molecule has 3 rings (SSSR count). The van der Waals surface area contributed by atoms with Crippen molar-refractivity contribution in [3.8, 4) is 11.5 Å². The molecule has 1 heterocycles. The Morgan fingerprint density at radius 3 is 2.46 bits per heavy atom. The number of rotatable bonds is 5. The van der Waals surface area contributed by atoms with E-state index >= 15 is 0 Å². The molecular formula is C16H14N4O5S. The minimum absolute atomic E-state index is 0.139. The molecule has 0 aliphatic heterocycles. The van der Waals surface area contributed by atoms with Crippen molar-refractivity contribution in [2.24, 2.45) is 0 Å². The van der Waals surface area contributed by atoms with Crippen LogP contribution in [0.5, 0.6) is 0 Å². The standard InChI is InChI=1S/C16H14N4O5S/c1-10-6-5-9-14(20(21)22)15(10)26(23,24)19-13-8-4-3-7-12(13)16-18-17-11(2)25-16/h3-9,19H,1-2H3. The van der Waals surface area contributed by atoms with Crippen LogP contribution in [0.4, 0.5) is 11.4 Å². The van der Waals surface area contributed by atoms with Gasteiger partial charge in [-0.05, 0) is 24.6 Å². The van der Waals surface area contributed by atoms with Gasteiger partial charge in [-0.1, -0.05) is 24.3 Å². The monoisotopic (exact) mass is 374 g/mol. The van der Waals surface area contributed by atoms with E-state index in [9.17, 15) is 18.5 Å². The zero-order valence-electron chi connectivity index (χ0n) is 13.8. The van der Waals surface area contributed by atoms with E-state index in [1.165, 1.54) is 25.1 Å². The van der Waals surface area contributed by atoms with E-state index in [0.717, 1.165) is 6.07 Å². The highest BCUT2D eigenvalue weighted by Gasteiger charge is 2.28. The molecule has 3 aromatic rings. The summed E-state index contributed by atoms with van der Waals surface area (Å²) < 4.78 is 33.4. The molecule has 1 N–H and O–H groups in total. The Kier molecular flexibility index (Phi) is 4.43. The van der Waals surface area contributed by atoms with Crippen LogP contribution in [0.1, 0.15) is 11.5 Å². The number of para-hydroxylation sites is 1. The SMILES string of the molecule is Cc1nnc(-c2ccccc2NS(=O)(=O)c2c(C)cccc2[N+](=O)[O-])o1. The number of hydrogen-bond donors (Lipinski definition) is 1. The van der Waals surface area contributed by atoms with Crippen LogP contribution in [0.3, 0.4) is 0 Å². The summed E-state index contributed by atoms with van der Waals surface area (Å²) in [5.41, 5.74) is 0.308. The lowest BCUT2D eigenvalue weighted by Gasteiger charge is -2.12. The zero-order valence-corrected chi connectivity index (χ0v) is 14.6. The van der Waals surface area contributed by atoms with Crippen LogP contribution in [0.25, 0.3) is 11.5 Å². The topological polar surface area (TPSA) is 128 Å². The third-order valence-corrected chi connectivity index (χ3v) is 5.14. The van der Waals surface area contributed by atoms with Gasteiger partial charge in [0.2, 0.25) is 11.8 Å². The number of nitrogens with one attached hydrogen (secondary N) is 1. The van der Waals surface area contributed by atoms with Crippen molar-refractivity contribution in [3.63, 3.8) is 0 Å². The van der Waals surface area contributed by atoms with Crippen LogP contribution in [0.2, 0.25) is 0 Å². The number of anilines is 1. The second-order valence-electron chi connectivity index (χ2n) is 5.46. The molecule has 0 fully saturated rings. The van der Waals surface area contributed by atoms with E-state index in [0.29, 0.717) is 11.5 Å². The van der Waals surface area contributed by atoms with Gasteiger partial charge >= 0.3 is 0 Å². The Hall–Kier alpha value is -3.27. The summed E-state index contributed by atoms with van der Waals surface area (Å²) in [6.45, 7) is 3.11. The van der Waals surface area contributed by atoms with Gasteiger partial charge < -0.3 is 4.42 Å². The fourth-order valence-electron chi connectivity index (χ4n) is 2.49. The van der Waals surface area contributed by atoms with Gasteiger partial charge in [0.15, 0.2) is 4.90 Å². The molecular weight excluding hydrogens is 360 g/mol. The number of nitro groups is 1. The molecule has 0 saturated heterocycles. The molecule has 1 aromatic heterocycles. The van der Waals surface area contributed by atoms with Gasteiger partial charge in [0.05, 0.1) is 16.2 Å². The van der Waals surface area contributed by atoms with E-state index in [1.807, 2.05) is 0 Å². The number of hydrogen-bond acceptors (Lipinski definition) is 7. The summed E-state index contributed by atoms with van der Waals surface area (Å²) in [6.07, 6.45) is 0. The van der Waals surface area contributed by atoms with Gasteiger partial charge in [-0.2, -0.15) is 0 Å². The van der Waals surface area contributed by atoms with Crippen molar-refractivity contribution >= 4 is 21.4 Å². The molecule has 0 spiro atoms. The first-order valence-corrected chi connectivity index (χ1v) is 8.94. The fraction of sp³-hybridized carbons (Fsp3) is 0.125. The highest BCUT2D eigenvalue weighted by Crippen LogP contribution is 2.32. The van der Waals surface area contributed by atoms with Gasteiger partial charge in [-0.25, -0.2) is 8.42 Å². The molecule has 0 unspecified atom stereocenters. The van der Waals surface area contributed by atoms with Crippen LogP contribution in [0, 0.1) is 24.0 Å². The summed E-state index contributed by atoms with van der Waals surface area (Å²) in [7, 11) is -4.22. The van der Waals surface area contributed by atoms with Gasteiger partial charge in [-0.3, -0.25) is 14.8 Å². The minimum atomic E-state index is -4.22. The first kappa shape index (κ1) is 17.5. The Morgan fingerprint density at radius 2 is 1.81 bits per heavy atom. The largest absolute Gasteiger partial charge is 0.421 e. The number of sulfonamides is 1. The third-order valence-electron chi connectivity index (χ3n) is 3.58. The number of benzene rings is 2. The van der Waals surface area contributed by atoms with E-state index in [4.69, 9.17) is 4.42 Å². The van der Waals surface area contributed by atoms with Crippen LogP contribution in [-0.2, 0) is 10.0 Å². The highest BCUT2D eigenvalue weighted by molar-refractivity contribution is 7.93. The predicted molar refractivity (Wildman–Crippen MR) is 93.1 cm³/mol. The average molecular weight is 374 g/mol. The summed E-state index contributed by atoms with van der Waals surface area (Å²) in [5, 5.41) is 18.9. The van der Waals surface area contributed by atoms with E-state index in [2.05, 4.69) is 14.9 Å². The fourth-order valence-corrected chi connectivity index (χ4v) is 3.97. The van der Waals surface area contributed by atoms with Crippen LogP contribution < -0.4 is 4.72 Å². The lowest BCUT2D eigenvalue weighted by Crippen LogP contribution is -2.16. The van der Waals surface area contributed by atoms with Gasteiger partial charge in [-0.15, -0.1) is 10.2 Å². The number of nitrogens with zero attached hydrogens (tertiary/aromatic N) is 3. The Labute approximate surface area is 148 Å². The van der Waals surface area contributed by atoms with Crippen LogP contribution in [-0.4, -0.2) is 23.5 Å². The lowest BCUT2D eigenvalue weighted by molar-refractivity contribution is -0.387. The van der Waals surface area contributed by atoms with E-state index in [-0.39, 0.29) is 22.0 Å². The molecule has 0 radical (unpaired) electrons. The zero-order chi connectivity index (χ0) is 18.9. The van der Waals surface area contributed by atoms with Crippen molar-refractivity contribution in [2.75, 3.05) is 4.72 Å². The van der Waals surface area contributed by atoms with Crippen molar-refractivity contribution in [1.82, 2.24) is 10.2 Å². The summed E-state index contributed by atoms with van der Waals surface area (Å²) in [5.74, 6) is 0.465. The maximum atomic E-state index is 12.9. The number of aromatic nitrogens is 2. The Bertz CT molecular complexity index is 1090. The number of nitro benzene ring substituents is 1. The van der Waals surface area contributed by atoms with Gasteiger partial charge in [0.1, 0.15) is 0 Å². The Morgan fingerprint density at radius 1 is 1.08 bits per heavy atom. The summed E-state index contributed by atoms with van der Waals surface area (Å²) >= 11 is 0. The molecule has 10 heteroatoms. The molecule has 0 amide bonds. The molecule has 0 aliphatic carbocycles. The molecule has 2 aromatic carbocycles. The van der Waals surface area contributed by atoms with Gasteiger partial charge in [0, 0.05) is 13.0 Å². The smallest absolute Gasteiger partial charge is 0.290 e. The molecule has 134 valence electrons. The average Bonchev–Trinajstić information content (AvgIpc) is 3.00. The van der Waals surface area contributed by atoms with Crippen molar-refractivity contribution < 1.29 is 17.8 Å². The highest BCUT2D eigenvalue weighted by atomic mass is 32.2. The molecule has 0 bridgehead atoms. The molecule has 9 nitrogen and oxygen atoms in total. The maximum absolute atomic E-state index is 12.9. The van der Waals surface area contributed by atoms with Gasteiger partial charge in [0.25, 0.3) is 15.7 Å². The Balaban J connectivity index is 2.10. The van der Waals surface area contributed by atoms with Crippen molar-refractivity contribution in [3.05, 3.63) is 64.0 Å². The second kappa shape index (κ2) is 6.56. The molecule has 0 aliphatic rings. The maximum Gasteiger partial charge on any atom is 0.290 e. The molecule has 0 saturated carbocycles. The molecule has 26 heavy (non-hydrogen) atoms. The third kappa shape index (κ3) is 3.26. The minimum Gasteiger partial charge on any atom is -0.421 e.